The second-order valence-corrected chi connectivity index (χ2v) is 5.69. The Labute approximate surface area is 123 Å². The number of hydrogen-bond donors (Lipinski definition) is 2. The minimum Gasteiger partial charge on any atom is -0.507 e. The summed E-state index contributed by atoms with van der Waals surface area (Å²) in [4.78, 5) is 0. The molecule has 2 aromatic rings. The molecule has 18 heavy (non-hydrogen) atoms. The van der Waals surface area contributed by atoms with Crippen LogP contribution < -0.4 is 5.32 Å². The minimum atomic E-state index is 0.268. The van der Waals surface area contributed by atoms with Gasteiger partial charge in [-0.05, 0) is 45.3 Å². The fourth-order valence-corrected chi connectivity index (χ4v) is 2.49. The molecule has 0 spiro atoms. The molecule has 0 saturated heterocycles. The third kappa shape index (κ3) is 3.57. The zero-order chi connectivity index (χ0) is 13.0. The van der Waals surface area contributed by atoms with E-state index >= 15 is 0 Å². The van der Waals surface area contributed by atoms with Crippen LogP contribution in [-0.2, 0) is 13.1 Å². The van der Waals surface area contributed by atoms with Crippen molar-refractivity contribution in [2.24, 2.45) is 0 Å². The van der Waals surface area contributed by atoms with Crippen LogP contribution in [-0.4, -0.2) is 5.11 Å². The van der Waals surface area contributed by atoms with Gasteiger partial charge in [0.25, 0.3) is 0 Å². The smallest absolute Gasteiger partial charge is 0.129 e. The van der Waals surface area contributed by atoms with Crippen molar-refractivity contribution < 1.29 is 5.11 Å². The van der Waals surface area contributed by atoms with E-state index in [1.807, 2.05) is 30.3 Å². The van der Waals surface area contributed by atoms with E-state index in [9.17, 15) is 5.11 Å². The van der Waals surface area contributed by atoms with Crippen molar-refractivity contribution in [2.45, 2.75) is 13.1 Å². The van der Waals surface area contributed by atoms with Crippen LogP contribution in [0.25, 0.3) is 0 Å². The van der Waals surface area contributed by atoms with Crippen molar-refractivity contribution in [1.82, 2.24) is 5.32 Å². The second-order valence-electron chi connectivity index (χ2n) is 3.98. The lowest BCUT2D eigenvalue weighted by atomic mass is 10.2. The molecule has 0 unspecified atom stereocenters. The Morgan fingerprint density at radius 3 is 2.44 bits per heavy atom. The molecule has 94 valence electrons. The first-order valence-electron chi connectivity index (χ1n) is 5.58. The first-order valence-corrected chi connectivity index (χ1v) is 7.17. The van der Waals surface area contributed by atoms with Crippen molar-refractivity contribution in [1.29, 1.82) is 0 Å². The largest absolute Gasteiger partial charge is 0.507 e. The summed E-state index contributed by atoms with van der Waals surface area (Å²) in [6, 6.07) is 13.7. The van der Waals surface area contributed by atoms with Gasteiger partial charge in [0.15, 0.2) is 0 Å². The van der Waals surface area contributed by atoms with E-state index in [-0.39, 0.29) is 5.75 Å². The van der Waals surface area contributed by atoms with E-state index in [4.69, 9.17) is 0 Å². The Kier molecular flexibility index (Phi) is 4.80. The molecule has 0 heterocycles. The molecule has 2 rings (SSSR count). The molecule has 0 aromatic heterocycles. The molecule has 2 N–H and O–H groups in total. The van der Waals surface area contributed by atoms with Crippen LogP contribution in [0, 0.1) is 0 Å². The van der Waals surface area contributed by atoms with Gasteiger partial charge in [-0.25, -0.2) is 0 Å². The second kappa shape index (κ2) is 6.36. The minimum absolute atomic E-state index is 0.268. The van der Waals surface area contributed by atoms with Crippen LogP contribution in [0.4, 0.5) is 0 Å². The summed E-state index contributed by atoms with van der Waals surface area (Å²) < 4.78 is 1.84. The number of aromatic hydroxyl groups is 1. The molecule has 0 amide bonds. The maximum absolute atomic E-state index is 9.41. The van der Waals surface area contributed by atoms with E-state index in [1.165, 1.54) is 5.56 Å². The monoisotopic (exact) mass is 369 g/mol. The molecule has 0 saturated carbocycles. The predicted molar refractivity (Wildman–Crippen MR) is 80.5 cm³/mol. The van der Waals surface area contributed by atoms with Crippen LogP contribution >= 0.6 is 31.9 Å². The summed E-state index contributed by atoms with van der Waals surface area (Å²) in [7, 11) is 0. The van der Waals surface area contributed by atoms with Gasteiger partial charge in [0.1, 0.15) is 5.75 Å². The number of phenols is 1. The average molecular weight is 371 g/mol. The van der Waals surface area contributed by atoms with Gasteiger partial charge >= 0.3 is 0 Å². The van der Waals surface area contributed by atoms with Crippen molar-refractivity contribution in [3.05, 3.63) is 62.5 Å². The molecule has 0 fully saturated rings. The molecular formula is C14H13Br2NO. The fraction of sp³-hybridized carbons (Fsp3) is 0.143. The van der Waals surface area contributed by atoms with E-state index < -0.39 is 0 Å². The standard InChI is InChI=1S/C14H13Br2NO/c15-12-4-2-1-3-11(12)9-17-8-10-5-6-14(18)13(16)7-10/h1-7,17-18H,8-9H2. The van der Waals surface area contributed by atoms with Gasteiger partial charge in [-0.15, -0.1) is 0 Å². The lowest BCUT2D eigenvalue weighted by Crippen LogP contribution is -2.12. The van der Waals surface area contributed by atoms with E-state index in [0.717, 1.165) is 27.6 Å². The molecule has 4 heteroatoms. The topological polar surface area (TPSA) is 32.3 Å². The molecule has 0 aliphatic carbocycles. The van der Waals surface area contributed by atoms with Crippen molar-refractivity contribution in [3.63, 3.8) is 0 Å². The lowest BCUT2D eigenvalue weighted by molar-refractivity contribution is 0.471. The normalized spacial score (nSPS) is 10.6. The van der Waals surface area contributed by atoms with Gasteiger partial charge in [-0.3, -0.25) is 0 Å². The molecule has 2 nitrogen and oxygen atoms in total. The van der Waals surface area contributed by atoms with Gasteiger partial charge in [-0.2, -0.15) is 0 Å². The zero-order valence-electron chi connectivity index (χ0n) is 9.66. The molecular weight excluding hydrogens is 358 g/mol. The first-order chi connectivity index (χ1) is 8.66. The average Bonchev–Trinajstić information content (AvgIpc) is 2.36. The summed E-state index contributed by atoms with van der Waals surface area (Å²) >= 11 is 6.83. The van der Waals surface area contributed by atoms with E-state index in [1.54, 1.807) is 6.07 Å². The van der Waals surface area contributed by atoms with Crippen LogP contribution in [0.1, 0.15) is 11.1 Å². The number of benzene rings is 2. The quantitative estimate of drug-likeness (QED) is 0.844. The summed E-state index contributed by atoms with van der Waals surface area (Å²) in [6.07, 6.45) is 0. The number of nitrogens with one attached hydrogen (secondary N) is 1. The van der Waals surface area contributed by atoms with Crippen molar-refractivity contribution in [3.8, 4) is 5.75 Å². The summed E-state index contributed by atoms with van der Waals surface area (Å²) in [5.41, 5.74) is 2.36. The SMILES string of the molecule is Oc1ccc(CNCc2ccccc2Br)cc1Br. The van der Waals surface area contributed by atoms with Crippen LogP contribution in [0.3, 0.4) is 0 Å². The highest BCUT2D eigenvalue weighted by molar-refractivity contribution is 9.10. The lowest BCUT2D eigenvalue weighted by Gasteiger charge is -2.07. The highest BCUT2D eigenvalue weighted by atomic mass is 79.9. The van der Waals surface area contributed by atoms with Crippen LogP contribution in [0.2, 0.25) is 0 Å². The molecule has 0 radical (unpaired) electrons. The van der Waals surface area contributed by atoms with Gasteiger partial charge < -0.3 is 10.4 Å². The fourth-order valence-electron chi connectivity index (χ4n) is 1.64. The number of phenolic OH excluding ortho intramolecular Hbond substituents is 1. The number of rotatable bonds is 4. The van der Waals surface area contributed by atoms with E-state index in [0.29, 0.717) is 0 Å². The molecule has 0 aliphatic heterocycles. The van der Waals surface area contributed by atoms with Gasteiger partial charge in [-0.1, -0.05) is 40.2 Å². The Morgan fingerprint density at radius 1 is 0.944 bits per heavy atom. The summed E-state index contributed by atoms with van der Waals surface area (Å²) in [5.74, 6) is 0.268. The van der Waals surface area contributed by atoms with Crippen molar-refractivity contribution >= 4 is 31.9 Å². The maximum Gasteiger partial charge on any atom is 0.129 e. The zero-order valence-corrected chi connectivity index (χ0v) is 12.8. The third-order valence-electron chi connectivity index (χ3n) is 2.61. The Balaban J connectivity index is 1.92. The highest BCUT2D eigenvalue weighted by Crippen LogP contribution is 2.24. The van der Waals surface area contributed by atoms with E-state index in [2.05, 4.69) is 43.2 Å². The van der Waals surface area contributed by atoms with Gasteiger partial charge in [0.2, 0.25) is 0 Å². The van der Waals surface area contributed by atoms with Crippen molar-refractivity contribution in [2.75, 3.05) is 0 Å². The number of hydrogen-bond acceptors (Lipinski definition) is 2. The summed E-state index contributed by atoms with van der Waals surface area (Å²) in [5, 5.41) is 12.8. The summed E-state index contributed by atoms with van der Waals surface area (Å²) in [6.45, 7) is 1.57. The Hall–Kier alpha value is -0.840. The third-order valence-corrected chi connectivity index (χ3v) is 4.02. The Bertz CT molecular complexity index is 543. The first kappa shape index (κ1) is 13.6. The molecule has 2 aromatic carbocycles. The Morgan fingerprint density at radius 2 is 1.72 bits per heavy atom. The molecule has 0 aliphatic rings. The van der Waals surface area contributed by atoms with Crippen LogP contribution in [0.5, 0.6) is 5.75 Å². The number of halogens is 2. The maximum atomic E-state index is 9.41. The van der Waals surface area contributed by atoms with Gasteiger partial charge in [0.05, 0.1) is 4.47 Å². The van der Waals surface area contributed by atoms with Crippen LogP contribution in [0.15, 0.2) is 51.4 Å². The highest BCUT2D eigenvalue weighted by Gasteiger charge is 2.01. The molecule has 0 atom stereocenters. The van der Waals surface area contributed by atoms with Gasteiger partial charge in [0, 0.05) is 17.6 Å². The molecule has 0 bridgehead atoms. The predicted octanol–water partition coefficient (Wildman–Crippen LogP) is 4.21.